The molecule has 1 aliphatic rings. The molecule has 1 fully saturated rings. The number of hydrogen-bond donors (Lipinski definition) is 2. The van der Waals surface area contributed by atoms with Gasteiger partial charge in [-0.3, -0.25) is 10.4 Å². The van der Waals surface area contributed by atoms with Gasteiger partial charge in [-0.2, -0.15) is 18.2 Å². The number of rotatable bonds is 2. The fourth-order valence-corrected chi connectivity index (χ4v) is 2.89. The van der Waals surface area contributed by atoms with Crippen molar-refractivity contribution in [3.05, 3.63) is 35.7 Å². The molecule has 2 aromatic rings. The number of anilines is 2. The van der Waals surface area contributed by atoms with Crippen molar-refractivity contribution < 1.29 is 13.2 Å². The number of nitrogens with one attached hydrogen (secondary N) is 2. The number of thiocarbonyl (C=S) groups is 1. The molecule has 0 bridgehead atoms. The largest absolute Gasteiger partial charge is 0.416 e. The summed E-state index contributed by atoms with van der Waals surface area (Å²) in [5.74, 6) is 1.09. The predicted octanol–water partition coefficient (Wildman–Crippen LogP) is 2.65. The molecule has 6 nitrogen and oxygen atoms in total. The molecule has 0 radical (unpaired) electrons. The van der Waals surface area contributed by atoms with E-state index in [2.05, 4.69) is 20.5 Å². The number of aromatic nitrogens is 3. The summed E-state index contributed by atoms with van der Waals surface area (Å²) in [5.41, 5.74) is -0.0671. The van der Waals surface area contributed by atoms with Crippen molar-refractivity contribution in [2.45, 2.75) is 13.1 Å². The van der Waals surface area contributed by atoms with Crippen molar-refractivity contribution in [1.29, 1.82) is 0 Å². The maximum atomic E-state index is 12.8. The first kappa shape index (κ1) is 17.5. The van der Waals surface area contributed by atoms with E-state index < -0.39 is 11.7 Å². The third-order valence-corrected chi connectivity index (χ3v) is 4.28. The zero-order chi connectivity index (χ0) is 18.0. The summed E-state index contributed by atoms with van der Waals surface area (Å²) in [6.45, 7) is 4.15. The van der Waals surface area contributed by atoms with Crippen LogP contribution in [-0.2, 0) is 6.18 Å². The summed E-state index contributed by atoms with van der Waals surface area (Å²) in [6.07, 6.45) is -4.34. The van der Waals surface area contributed by atoms with E-state index in [4.69, 9.17) is 12.2 Å². The van der Waals surface area contributed by atoms with E-state index in [0.717, 1.165) is 6.07 Å². The highest BCUT2D eigenvalue weighted by Gasteiger charge is 2.31. The topological polar surface area (TPSA) is 60.1 Å². The number of piperazine rings is 1. The van der Waals surface area contributed by atoms with Gasteiger partial charge in [0, 0.05) is 31.9 Å². The number of benzene rings is 1. The van der Waals surface area contributed by atoms with Crippen LogP contribution >= 0.6 is 12.2 Å². The molecule has 0 amide bonds. The van der Waals surface area contributed by atoms with Crippen molar-refractivity contribution in [2.75, 3.05) is 36.4 Å². The zero-order valence-corrected chi connectivity index (χ0v) is 14.3. The van der Waals surface area contributed by atoms with Gasteiger partial charge in [-0.1, -0.05) is 6.07 Å². The van der Waals surface area contributed by atoms with E-state index in [1.54, 1.807) is 13.0 Å². The SMILES string of the molecule is Cc1nc(NC(=S)N2CCN(c3cccc(C(F)(F)F)c3)CC2)n[nH]1. The van der Waals surface area contributed by atoms with Crippen LogP contribution in [-0.4, -0.2) is 51.4 Å². The Hall–Kier alpha value is -2.36. The maximum absolute atomic E-state index is 12.8. The Labute approximate surface area is 148 Å². The average molecular weight is 370 g/mol. The van der Waals surface area contributed by atoms with Crippen LogP contribution in [0.5, 0.6) is 0 Å². The molecule has 25 heavy (non-hydrogen) atoms. The molecule has 0 atom stereocenters. The second kappa shape index (κ2) is 6.87. The van der Waals surface area contributed by atoms with Gasteiger partial charge in [-0.15, -0.1) is 5.10 Å². The fourth-order valence-electron chi connectivity index (χ4n) is 2.62. The van der Waals surface area contributed by atoms with E-state index in [-0.39, 0.29) is 0 Å². The molecule has 2 N–H and O–H groups in total. The highest BCUT2D eigenvalue weighted by molar-refractivity contribution is 7.80. The van der Waals surface area contributed by atoms with Crippen molar-refractivity contribution in [2.24, 2.45) is 0 Å². The van der Waals surface area contributed by atoms with Crippen LogP contribution < -0.4 is 10.2 Å². The summed E-state index contributed by atoms with van der Waals surface area (Å²) < 4.78 is 38.5. The fraction of sp³-hybridized carbons (Fsp3) is 0.400. The molecular weight excluding hydrogens is 353 g/mol. The molecule has 134 valence electrons. The van der Waals surface area contributed by atoms with E-state index in [1.165, 1.54) is 12.1 Å². The van der Waals surface area contributed by atoms with Crippen LogP contribution in [0.25, 0.3) is 0 Å². The predicted molar refractivity (Wildman–Crippen MR) is 92.6 cm³/mol. The maximum Gasteiger partial charge on any atom is 0.416 e. The lowest BCUT2D eigenvalue weighted by Crippen LogP contribution is -2.50. The van der Waals surface area contributed by atoms with Gasteiger partial charge in [0.25, 0.3) is 0 Å². The number of alkyl halides is 3. The van der Waals surface area contributed by atoms with E-state index in [1.807, 2.05) is 9.80 Å². The molecule has 1 aromatic heterocycles. The summed E-state index contributed by atoms with van der Waals surface area (Å²) >= 11 is 5.34. The van der Waals surface area contributed by atoms with Gasteiger partial charge in [-0.05, 0) is 37.3 Å². The number of halogens is 3. The second-order valence-electron chi connectivity index (χ2n) is 5.70. The number of aryl methyl sites for hydroxylation is 1. The highest BCUT2D eigenvalue weighted by atomic mass is 32.1. The van der Waals surface area contributed by atoms with Crippen LogP contribution in [0.3, 0.4) is 0 Å². The van der Waals surface area contributed by atoms with Crippen molar-refractivity contribution in [3.63, 3.8) is 0 Å². The lowest BCUT2D eigenvalue weighted by atomic mass is 10.1. The first-order valence-electron chi connectivity index (χ1n) is 7.70. The Morgan fingerprint density at radius 3 is 2.56 bits per heavy atom. The Balaban J connectivity index is 1.59. The number of H-pyrrole nitrogens is 1. The number of aromatic amines is 1. The lowest BCUT2D eigenvalue weighted by Gasteiger charge is -2.37. The minimum absolute atomic E-state index is 0.405. The third kappa shape index (κ3) is 4.19. The average Bonchev–Trinajstić information content (AvgIpc) is 2.99. The second-order valence-corrected chi connectivity index (χ2v) is 6.08. The summed E-state index contributed by atoms with van der Waals surface area (Å²) in [5, 5.41) is 10.1. The van der Waals surface area contributed by atoms with Gasteiger partial charge in [0.05, 0.1) is 5.56 Å². The van der Waals surface area contributed by atoms with E-state index in [0.29, 0.717) is 48.8 Å². The number of nitrogens with zero attached hydrogens (tertiary/aromatic N) is 4. The first-order valence-corrected chi connectivity index (χ1v) is 8.11. The van der Waals surface area contributed by atoms with Gasteiger partial charge in [-0.25, -0.2) is 0 Å². The van der Waals surface area contributed by atoms with Gasteiger partial charge in [0.1, 0.15) is 5.82 Å². The standard InChI is InChI=1S/C15H17F3N6S/c1-10-19-13(22-21-10)20-14(25)24-7-5-23(6-8-24)12-4-2-3-11(9-12)15(16,17)18/h2-4,9H,5-8H2,1H3,(H2,19,20,21,22,25). The van der Waals surface area contributed by atoms with Crippen molar-refractivity contribution in [3.8, 4) is 0 Å². The van der Waals surface area contributed by atoms with E-state index >= 15 is 0 Å². The van der Waals surface area contributed by atoms with Crippen LogP contribution in [0.4, 0.5) is 24.8 Å². The van der Waals surface area contributed by atoms with E-state index in [9.17, 15) is 13.2 Å². The molecule has 0 saturated carbocycles. The molecule has 0 spiro atoms. The van der Waals surface area contributed by atoms with Gasteiger partial charge in [0.15, 0.2) is 5.11 Å². The summed E-state index contributed by atoms with van der Waals surface area (Å²) in [6, 6.07) is 5.39. The third-order valence-electron chi connectivity index (χ3n) is 3.92. The minimum Gasteiger partial charge on any atom is -0.368 e. The van der Waals surface area contributed by atoms with Crippen LogP contribution in [0.1, 0.15) is 11.4 Å². The van der Waals surface area contributed by atoms with Crippen molar-refractivity contribution in [1.82, 2.24) is 20.1 Å². The molecule has 1 aliphatic heterocycles. The molecular formula is C15H17F3N6S. The molecule has 1 aromatic carbocycles. The number of hydrogen-bond acceptors (Lipinski definition) is 4. The summed E-state index contributed by atoms with van der Waals surface area (Å²) in [4.78, 5) is 8.00. The first-order chi connectivity index (χ1) is 11.8. The highest BCUT2D eigenvalue weighted by Crippen LogP contribution is 2.31. The van der Waals surface area contributed by atoms with Crippen molar-refractivity contribution >= 4 is 29.0 Å². The molecule has 0 aliphatic carbocycles. The Kier molecular flexibility index (Phi) is 4.80. The monoisotopic (exact) mass is 370 g/mol. The normalized spacial score (nSPS) is 15.4. The molecule has 10 heteroatoms. The van der Waals surface area contributed by atoms with Crippen LogP contribution in [0.2, 0.25) is 0 Å². The van der Waals surface area contributed by atoms with Gasteiger partial charge < -0.3 is 9.80 Å². The zero-order valence-electron chi connectivity index (χ0n) is 13.5. The quantitative estimate of drug-likeness (QED) is 0.793. The minimum atomic E-state index is -4.34. The van der Waals surface area contributed by atoms with Crippen LogP contribution in [0.15, 0.2) is 24.3 Å². The summed E-state index contributed by atoms with van der Waals surface area (Å²) in [7, 11) is 0. The molecule has 3 rings (SSSR count). The molecule has 2 heterocycles. The van der Waals surface area contributed by atoms with Gasteiger partial charge >= 0.3 is 6.18 Å². The Morgan fingerprint density at radius 2 is 1.96 bits per heavy atom. The molecule has 1 saturated heterocycles. The smallest absolute Gasteiger partial charge is 0.368 e. The Morgan fingerprint density at radius 1 is 1.24 bits per heavy atom. The van der Waals surface area contributed by atoms with Crippen LogP contribution in [0, 0.1) is 6.92 Å². The molecule has 0 unspecified atom stereocenters. The Bertz CT molecular complexity index is 752. The lowest BCUT2D eigenvalue weighted by molar-refractivity contribution is -0.137. The van der Waals surface area contributed by atoms with Gasteiger partial charge in [0.2, 0.25) is 5.95 Å².